The Labute approximate surface area is 166 Å². The summed E-state index contributed by atoms with van der Waals surface area (Å²) in [5.41, 5.74) is 9.60. The molecule has 0 saturated carbocycles. The van der Waals surface area contributed by atoms with E-state index in [1.807, 2.05) is 49.5 Å². The Bertz CT molecular complexity index is 828. The first kappa shape index (κ1) is 19.7. The average molecular weight is 377 g/mol. The molecule has 146 valence electrons. The van der Waals surface area contributed by atoms with E-state index >= 15 is 0 Å². The third-order valence-electron chi connectivity index (χ3n) is 4.67. The number of methoxy groups -OCH3 is 2. The van der Waals surface area contributed by atoms with Crippen molar-refractivity contribution in [1.82, 2.24) is 4.98 Å². The molecule has 3 aromatic rings. The highest BCUT2D eigenvalue weighted by molar-refractivity contribution is 5.50. The summed E-state index contributed by atoms with van der Waals surface area (Å²) in [7, 11) is 3.35. The van der Waals surface area contributed by atoms with Gasteiger partial charge >= 0.3 is 0 Å². The van der Waals surface area contributed by atoms with E-state index in [1.165, 1.54) is 11.1 Å². The Kier molecular flexibility index (Phi) is 6.50. The second-order valence-electron chi connectivity index (χ2n) is 6.76. The Balaban J connectivity index is 1.92. The van der Waals surface area contributed by atoms with Gasteiger partial charge in [-0.15, -0.1) is 0 Å². The predicted octanol–water partition coefficient (Wildman–Crippen LogP) is 4.33. The number of hydrogen-bond acceptors (Lipinski definition) is 5. The third-order valence-corrected chi connectivity index (χ3v) is 4.67. The van der Waals surface area contributed by atoms with Gasteiger partial charge in [-0.05, 0) is 48.4 Å². The molecule has 2 N–H and O–H groups in total. The molecule has 1 aromatic heterocycles. The van der Waals surface area contributed by atoms with Crippen LogP contribution in [-0.2, 0) is 13.1 Å². The molecule has 1 atom stereocenters. The van der Waals surface area contributed by atoms with Gasteiger partial charge in [0.2, 0.25) is 0 Å². The van der Waals surface area contributed by atoms with Crippen molar-refractivity contribution < 1.29 is 9.47 Å². The van der Waals surface area contributed by atoms with Crippen molar-refractivity contribution in [3.63, 3.8) is 0 Å². The van der Waals surface area contributed by atoms with Crippen LogP contribution in [0.1, 0.15) is 29.7 Å². The van der Waals surface area contributed by atoms with E-state index < -0.39 is 0 Å². The Hall–Kier alpha value is -3.05. The molecular formula is C23H27N3O2. The number of aromatic nitrogens is 1. The minimum atomic E-state index is -0.0991. The lowest BCUT2D eigenvalue weighted by atomic mass is 10.1. The monoisotopic (exact) mass is 377 g/mol. The van der Waals surface area contributed by atoms with Crippen LogP contribution in [0.5, 0.6) is 11.5 Å². The molecule has 0 aliphatic heterocycles. The van der Waals surface area contributed by atoms with E-state index in [4.69, 9.17) is 15.2 Å². The van der Waals surface area contributed by atoms with E-state index in [0.29, 0.717) is 13.1 Å². The molecule has 0 spiro atoms. The van der Waals surface area contributed by atoms with Crippen LogP contribution >= 0.6 is 0 Å². The zero-order valence-corrected chi connectivity index (χ0v) is 16.6. The number of nitrogens with two attached hydrogens (primary N) is 1. The SMILES string of the molecule is COc1ccc(CN(Cc2ccc(OC)cc2)c2ncccc2C(C)N)cc1. The van der Waals surface area contributed by atoms with Crippen LogP contribution in [0.4, 0.5) is 5.82 Å². The van der Waals surface area contributed by atoms with Crippen molar-refractivity contribution in [2.45, 2.75) is 26.1 Å². The summed E-state index contributed by atoms with van der Waals surface area (Å²) >= 11 is 0. The summed E-state index contributed by atoms with van der Waals surface area (Å²) in [6, 6.07) is 20.1. The fourth-order valence-electron chi connectivity index (χ4n) is 3.14. The second-order valence-corrected chi connectivity index (χ2v) is 6.76. The van der Waals surface area contributed by atoms with E-state index in [2.05, 4.69) is 34.1 Å². The molecule has 1 heterocycles. The lowest BCUT2D eigenvalue weighted by molar-refractivity contribution is 0.414. The van der Waals surface area contributed by atoms with Gasteiger partial charge in [-0.25, -0.2) is 4.98 Å². The summed E-state index contributed by atoms with van der Waals surface area (Å²) in [4.78, 5) is 6.91. The highest BCUT2D eigenvalue weighted by Crippen LogP contribution is 2.26. The predicted molar refractivity (Wildman–Crippen MR) is 113 cm³/mol. The van der Waals surface area contributed by atoms with Gasteiger partial charge in [-0.2, -0.15) is 0 Å². The van der Waals surface area contributed by atoms with Crippen molar-refractivity contribution in [3.8, 4) is 11.5 Å². The molecule has 1 unspecified atom stereocenters. The zero-order chi connectivity index (χ0) is 19.9. The maximum atomic E-state index is 6.22. The Morgan fingerprint density at radius 3 is 1.79 bits per heavy atom. The molecular weight excluding hydrogens is 350 g/mol. The minimum Gasteiger partial charge on any atom is -0.497 e. The average Bonchev–Trinajstić information content (AvgIpc) is 2.74. The van der Waals surface area contributed by atoms with Crippen LogP contribution in [0.25, 0.3) is 0 Å². The van der Waals surface area contributed by atoms with Crippen LogP contribution in [0.2, 0.25) is 0 Å². The maximum Gasteiger partial charge on any atom is 0.133 e. The first-order valence-electron chi connectivity index (χ1n) is 9.32. The summed E-state index contributed by atoms with van der Waals surface area (Å²) in [5, 5.41) is 0. The van der Waals surface area contributed by atoms with Gasteiger partial charge in [0, 0.05) is 30.9 Å². The number of nitrogens with zero attached hydrogens (tertiary/aromatic N) is 2. The van der Waals surface area contributed by atoms with Gasteiger partial charge in [-0.3, -0.25) is 0 Å². The van der Waals surface area contributed by atoms with Crippen molar-refractivity contribution in [2.24, 2.45) is 5.73 Å². The fraction of sp³-hybridized carbons (Fsp3) is 0.261. The topological polar surface area (TPSA) is 60.6 Å². The fourth-order valence-corrected chi connectivity index (χ4v) is 3.14. The van der Waals surface area contributed by atoms with Gasteiger partial charge in [0.25, 0.3) is 0 Å². The zero-order valence-electron chi connectivity index (χ0n) is 16.6. The first-order chi connectivity index (χ1) is 13.6. The molecule has 2 aromatic carbocycles. The molecule has 0 saturated heterocycles. The molecule has 0 aliphatic carbocycles. The summed E-state index contributed by atoms with van der Waals surface area (Å²) < 4.78 is 10.5. The largest absolute Gasteiger partial charge is 0.497 e. The van der Waals surface area contributed by atoms with Crippen LogP contribution < -0.4 is 20.1 Å². The number of anilines is 1. The summed E-state index contributed by atoms with van der Waals surface area (Å²) in [6.45, 7) is 3.42. The second kappa shape index (κ2) is 9.24. The van der Waals surface area contributed by atoms with Crippen LogP contribution in [-0.4, -0.2) is 19.2 Å². The molecule has 3 rings (SSSR count). The number of ether oxygens (including phenoxy) is 2. The quantitative estimate of drug-likeness (QED) is 0.633. The van der Waals surface area contributed by atoms with E-state index in [-0.39, 0.29) is 6.04 Å². The van der Waals surface area contributed by atoms with Crippen molar-refractivity contribution in [1.29, 1.82) is 0 Å². The molecule has 5 heteroatoms. The molecule has 0 aliphatic rings. The summed E-state index contributed by atoms with van der Waals surface area (Å²) in [6.07, 6.45) is 1.82. The molecule has 0 bridgehead atoms. The molecule has 0 radical (unpaired) electrons. The highest BCUT2D eigenvalue weighted by Gasteiger charge is 2.16. The molecule has 5 nitrogen and oxygen atoms in total. The Morgan fingerprint density at radius 1 is 0.857 bits per heavy atom. The molecule has 0 fully saturated rings. The lowest BCUT2D eigenvalue weighted by Crippen LogP contribution is -2.25. The Morgan fingerprint density at radius 2 is 1.36 bits per heavy atom. The van der Waals surface area contributed by atoms with Gasteiger partial charge < -0.3 is 20.1 Å². The van der Waals surface area contributed by atoms with Gasteiger partial charge in [0.1, 0.15) is 17.3 Å². The van der Waals surface area contributed by atoms with Crippen molar-refractivity contribution in [3.05, 3.63) is 83.6 Å². The first-order valence-corrected chi connectivity index (χ1v) is 9.32. The van der Waals surface area contributed by atoms with Crippen LogP contribution in [0.15, 0.2) is 66.9 Å². The van der Waals surface area contributed by atoms with Crippen LogP contribution in [0, 0.1) is 0 Å². The normalized spacial score (nSPS) is 11.7. The molecule has 28 heavy (non-hydrogen) atoms. The number of hydrogen-bond donors (Lipinski definition) is 1. The molecule has 0 amide bonds. The maximum absolute atomic E-state index is 6.22. The highest BCUT2D eigenvalue weighted by atomic mass is 16.5. The number of benzene rings is 2. The van der Waals surface area contributed by atoms with Crippen molar-refractivity contribution >= 4 is 5.82 Å². The number of pyridine rings is 1. The van der Waals surface area contributed by atoms with Crippen LogP contribution in [0.3, 0.4) is 0 Å². The lowest BCUT2D eigenvalue weighted by Gasteiger charge is -2.27. The van der Waals surface area contributed by atoms with E-state index in [1.54, 1.807) is 14.2 Å². The van der Waals surface area contributed by atoms with Crippen molar-refractivity contribution in [2.75, 3.05) is 19.1 Å². The van der Waals surface area contributed by atoms with Gasteiger partial charge in [-0.1, -0.05) is 30.3 Å². The van der Waals surface area contributed by atoms with E-state index in [0.717, 1.165) is 22.9 Å². The third kappa shape index (κ3) is 4.81. The smallest absolute Gasteiger partial charge is 0.133 e. The summed E-state index contributed by atoms with van der Waals surface area (Å²) in [5.74, 6) is 2.60. The van der Waals surface area contributed by atoms with Gasteiger partial charge in [0.15, 0.2) is 0 Å². The van der Waals surface area contributed by atoms with Gasteiger partial charge in [0.05, 0.1) is 14.2 Å². The minimum absolute atomic E-state index is 0.0991. The standard InChI is InChI=1S/C23H27N3O2/c1-17(24)22-5-4-14-25-23(22)26(15-18-6-10-20(27-2)11-7-18)16-19-8-12-21(28-3)13-9-19/h4-14,17H,15-16,24H2,1-3H3. The number of rotatable bonds is 8. The van der Waals surface area contributed by atoms with E-state index in [9.17, 15) is 0 Å².